The van der Waals surface area contributed by atoms with Gasteiger partial charge in [-0.15, -0.1) is 0 Å². The maximum absolute atomic E-state index is 10.8. The van der Waals surface area contributed by atoms with E-state index >= 15 is 0 Å². The van der Waals surface area contributed by atoms with Crippen molar-refractivity contribution in [1.82, 2.24) is 4.98 Å². The number of nitrogens with zero attached hydrogens (tertiary/aromatic N) is 2. The molecule has 17 heavy (non-hydrogen) atoms. The van der Waals surface area contributed by atoms with Crippen LogP contribution in [0.2, 0.25) is 0 Å². The predicted molar refractivity (Wildman–Crippen MR) is 68.0 cm³/mol. The predicted octanol–water partition coefficient (Wildman–Crippen LogP) is 2.33. The summed E-state index contributed by atoms with van der Waals surface area (Å²) in [6, 6.07) is 1.38. The summed E-state index contributed by atoms with van der Waals surface area (Å²) in [4.78, 5) is 14.2. The first-order valence-corrected chi connectivity index (χ1v) is 6.05. The summed E-state index contributed by atoms with van der Waals surface area (Å²) in [6.07, 6.45) is 2.46. The Labute approximate surface area is 107 Å². The van der Waals surface area contributed by atoms with Crippen LogP contribution in [0.1, 0.15) is 19.8 Å². The third kappa shape index (κ3) is 4.27. The normalized spacial score (nSPS) is 12.2. The fourth-order valence-electron chi connectivity index (χ4n) is 1.35. The van der Waals surface area contributed by atoms with Crippen molar-refractivity contribution in [3.8, 4) is 0 Å². The van der Waals surface area contributed by atoms with Crippen LogP contribution in [0.3, 0.4) is 0 Å². The molecule has 1 atom stereocenters. The summed E-state index contributed by atoms with van der Waals surface area (Å²) >= 11 is 3.13. The molecule has 0 fully saturated rings. The van der Waals surface area contributed by atoms with Crippen LogP contribution in [0.4, 0.5) is 11.5 Å². The maximum atomic E-state index is 10.8. The summed E-state index contributed by atoms with van der Waals surface area (Å²) in [5.41, 5.74) is -0.108. The molecule has 1 aromatic heterocycles. The number of aliphatic hydroxyl groups excluding tert-OH is 1. The maximum Gasteiger partial charge on any atom is 0.312 e. The fourth-order valence-corrected chi connectivity index (χ4v) is 1.67. The number of nitro groups is 1. The first-order chi connectivity index (χ1) is 8.04. The number of pyridine rings is 1. The highest BCUT2D eigenvalue weighted by molar-refractivity contribution is 9.10. The Bertz CT molecular complexity index is 400. The average molecular weight is 304 g/mol. The Morgan fingerprint density at radius 3 is 3.00 bits per heavy atom. The number of anilines is 1. The van der Waals surface area contributed by atoms with Gasteiger partial charge in [0.05, 0.1) is 11.0 Å². The lowest BCUT2D eigenvalue weighted by Crippen LogP contribution is -2.20. The molecular weight excluding hydrogens is 290 g/mol. The SMILES string of the molecule is CCCC(O)CNc1ncc(Br)cc1[N+](=O)[O-]. The van der Waals surface area contributed by atoms with Gasteiger partial charge in [-0.25, -0.2) is 4.98 Å². The standard InChI is InChI=1S/C10H14BrN3O3/c1-2-3-8(15)6-13-10-9(14(16)17)4-7(11)5-12-10/h4-5,8,15H,2-3,6H2,1H3,(H,12,13). The lowest BCUT2D eigenvalue weighted by atomic mass is 10.2. The second-order valence-corrected chi connectivity index (χ2v) is 4.52. The largest absolute Gasteiger partial charge is 0.391 e. The molecule has 0 spiro atoms. The molecule has 0 aliphatic heterocycles. The molecule has 0 amide bonds. The molecule has 1 heterocycles. The van der Waals surface area contributed by atoms with Gasteiger partial charge in [-0.3, -0.25) is 10.1 Å². The molecule has 1 aromatic rings. The van der Waals surface area contributed by atoms with Crippen molar-refractivity contribution >= 4 is 27.4 Å². The molecule has 0 aliphatic carbocycles. The van der Waals surface area contributed by atoms with Crippen LogP contribution in [0, 0.1) is 10.1 Å². The zero-order chi connectivity index (χ0) is 12.8. The van der Waals surface area contributed by atoms with E-state index in [9.17, 15) is 15.2 Å². The lowest BCUT2D eigenvalue weighted by Gasteiger charge is -2.11. The first kappa shape index (κ1) is 13.9. The van der Waals surface area contributed by atoms with Gasteiger partial charge < -0.3 is 10.4 Å². The summed E-state index contributed by atoms with van der Waals surface area (Å²) in [7, 11) is 0. The second kappa shape index (κ2) is 6.51. The van der Waals surface area contributed by atoms with Crippen LogP contribution >= 0.6 is 15.9 Å². The minimum Gasteiger partial charge on any atom is -0.391 e. The van der Waals surface area contributed by atoms with Crippen molar-refractivity contribution in [3.63, 3.8) is 0 Å². The van der Waals surface area contributed by atoms with Gasteiger partial charge in [0, 0.05) is 23.3 Å². The van der Waals surface area contributed by atoms with E-state index in [-0.39, 0.29) is 18.1 Å². The molecule has 1 rings (SSSR count). The Kier molecular flexibility index (Phi) is 5.30. The molecular formula is C10H14BrN3O3. The van der Waals surface area contributed by atoms with Crippen molar-refractivity contribution in [3.05, 3.63) is 26.9 Å². The van der Waals surface area contributed by atoms with E-state index in [0.717, 1.165) is 6.42 Å². The zero-order valence-electron chi connectivity index (χ0n) is 9.39. The van der Waals surface area contributed by atoms with Gasteiger partial charge in [0.15, 0.2) is 0 Å². The average Bonchev–Trinajstić information content (AvgIpc) is 2.27. The van der Waals surface area contributed by atoms with E-state index in [1.807, 2.05) is 6.92 Å². The Hall–Kier alpha value is -1.21. The number of rotatable bonds is 6. The highest BCUT2D eigenvalue weighted by Crippen LogP contribution is 2.25. The minimum atomic E-state index is -0.523. The molecule has 6 nitrogen and oxygen atoms in total. The number of hydrogen-bond acceptors (Lipinski definition) is 5. The van der Waals surface area contributed by atoms with Gasteiger partial charge in [0.1, 0.15) is 0 Å². The van der Waals surface area contributed by atoms with Gasteiger partial charge in [0.2, 0.25) is 5.82 Å². The minimum absolute atomic E-state index is 0.108. The quantitative estimate of drug-likeness (QED) is 0.622. The number of hydrogen-bond donors (Lipinski definition) is 2. The van der Waals surface area contributed by atoms with Crippen LogP contribution < -0.4 is 5.32 Å². The van der Waals surface area contributed by atoms with E-state index < -0.39 is 11.0 Å². The van der Waals surface area contributed by atoms with E-state index in [4.69, 9.17) is 0 Å². The summed E-state index contributed by atoms with van der Waals surface area (Å²) < 4.78 is 0.545. The molecule has 0 radical (unpaired) electrons. The van der Waals surface area contributed by atoms with E-state index in [1.165, 1.54) is 12.3 Å². The van der Waals surface area contributed by atoms with Gasteiger partial charge in [-0.1, -0.05) is 13.3 Å². The van der Waals surface area contributed by atoms with Crippen LogP contribution in [-0.2, 0) is 0 Å². The van der Waals surface area contributed by atoms with E-state index in [2.05, 4.69) is 26.2 Å². The molecule has 0 aromatic carbocycles. The fraction of sp³-hybridized carbons (Fsp3) is 0.500. The van der Waals surface area contributed by atoms with E-state index in [0.29, 0.717) is 10.9 Å². The van der Waals surface area contributed by atoms with Crippen LogP contribution in [0.15, 0.2) is 16.7 Å². The Morgan fingerprint density at radius 2 is 2.41 bits per heavy atom. The van der Waals surface area contributed by atoms with Crippen LogP contribution in [-0.4, -0.2) is 27.7 Å². The number of aliphatic hydroxyl groups is 1. The smallest absolute Gasteiger partial charge is 0.312 e. The van der Waals surface area contributed by atoms with Crippen molar-refractivity contribution in [2.75, 3.05) is 11.9 Å². The number of aromatic nitrogens is 1. The Morgan fingerprint density at radius 1 is 1.71 bits per heavy atom. The van der Waals surface area contributed by atoms with Gasteiger partial charge in [0.25, 0.3) is 0 Å². The number of nitrogens with one attached hydrogen (secondary N) is 1. The van der Waals surface area contributed by atoms with Crippen molar-refractivity contribution in [1.29, 1.82) is 0 Å². The van der Waals surface area contributed by atoms with Crippen molar-refractivity contribution < 1.29 is 10.0 Å². The number of halogens is 1. The van der Waals surface area contributed by atoms with Crippen molar-refractivity contribution in [2.45, 2.75) is 25.9 Å². The molecule has 1 unspecified atom stereocenters. The summed E-state index contributed by atoms with van der Waals surface area (Å²) in [5, 5.41) is 23.1. The molecule has 7 heteroatoms. The third-order valence-corrected chi connectivity index (χ3v) is 2.59. The molecule has 94 valence electrons. The molecule has 2 N–H and O–H groups in total. The first-order valence-electron chi connectivity index (χ1n) is 5.26. The highest BCUT2D eigenvalue weighted by Gasteiger charge is 2.16. The Balaban J connectivity index is 2.73. The third-order valence-electron chi connectivity index (χ3n) is 2.16. The highest BCUT2D eigenvalue weighted by atomic mass is 79.9. The van der Waals surface area contributed by atoms with Gasteiger partial charge >= 0.3 is 5.69 Å². The van der Waals surface area contributed by atoms with Gasteiger partial charge in [-0.05, 0) is 22.4 Å². The summed E-state index contributed by atoms with van der Waals surface area (Å²) in [5.74, 6) is 0.174. The van der Waals surface area contributed by atoms with Crippen LogP contribution in [0.5, 0.6) is 0 Å². The van der Waals surface area contributed by atoms with E-state index in [1.54, 1.807) is 0 Å². The molecule has 0 aliphatic rings. The van der Waals surface area contributed by atoms with Crippen molar-refractivity contribution in [2.24, 2.45) is 0 Å². The summed E-state index contributed by atoms with van der Waals surface area (Å²) in [6.45, 7) is 2.22. The molecule has 0 saturated heterocycles. The van der Waals surface area contributed by atoms with Crippen LogP contribution in [0.25, 0.3) is 0 Å². The zero-order valence-corrected chi connectivity index (χ0v) is 11.0. The second-order valence-electron chi connectivity index (χ2n) is 3.60. The van der Waals surface area contributed by atoms with Gasteiger partial charge in [-0.2, -0.15) is 0 Å². The monoisotopic (exact) mass is 303 g/mol. The molecule has 0 bridgehead atoms. The topological polar surface area (TPSA) is 88.3 Å². The lowest BCUT2D eigenvalue weighted by molar-refractivity contribution is -0.384. The molecule has 0 saturated carbocycles.